The van der Waals surface area contributed by atoms with Gasteiger partial charge in [0.25, 0.3) is 0 Å². The minimum Gasteiger partial charge on any atom is -0.480 e. The number of halogens is 1. The molecular weight excluding hydrogens is 258 g/mol. The second kappa shape index (κ2) is 7.69. The lowest BCUT2D eigenvalue weighted by Crippen LogP contribution is -2.37. The van der Waals surface area contributed by atoms with Gasteiger partial charge in [-0.05, 0) is 25.0 Å². The van der Waals surface area contributed by atoms with Gasteiger partial charge in [-0.2, -0.15) is 0 Å². The molecule has 3 nitrogen and oxygen atoms in total. The fraction of sp³-hybridized carbons (Fsp3) is 0.583. The summed E-state index contributed by atoms with van der Waals surface area (Å²) in [5.41, 5.74) is 0. The lowest BCUT2D eigenvalue weighted by Gasteiger charge is -2.13. The number of aliphatic carboxylic acids is 1. The first-order valence-electron chi connectivity index (χ1n) is 5.84. The maximum atomic E-state index is 11.0. The first kappa shape index (κ1) is 14.5. The Morgan fingerprint density at radius 2 is 2.35 bits per heavy atom. The molecule has 1 aromatic heterocycles. The van der Waals surface area contributed by atoms with Crippen molar-refractivity contribution in [3.8, 4) is 0 Å². The second-order valence-corrected chi connectivity index (χ2v) is 5.74. The van der Waals surface area contributed by atoms with E-state index in [2.05, 4.69) is 12.2 Å². The van der Waals surface area contributed by atoms with E-state index < -0.39 is 12.0 Å². The van der Waals surface area contributed by atoms with Gasteiger partial charge in [-0.1, -0.05) is 31.4 Å². The van der Waals surface area contributed by atoms with E-state index in [0.717, 1.165) is 23.6 Å². The van der Waals surface area contributed by atoms with E-state index in [0.29, 0.717) is 13.0 Å². The molecule has 1 aromatic rings. The summed E-state index contributed by atoms with van der Waals surface area (Å²) in [5.74, 6) is -0.761. The molecule has 1 rings (SSSR count). The molecule has 0 radical (unpaired) electrons. The SMILES string of the molecule is CCCCC(NCCc1ccc(Cl)s1)C(=O)O. The van der Waals surface area contributed by atoms with Crippen LogP contribution in [-0.4, -0.2) is 23.7 Å². The lowest BCUT2D eigenvalue weighted by molar-refractivity contribution is -0.139. The highest BCUT2D eigenvalue weighted by Gasteiger charge is 2.15. The Morgan fingerprint density at radius 1 is 1.59 bits per heavy atom. The van der Waals surface area contributed by atoms with Crippen LogP contribution in [0, 0.1) is 0 Å². The van der Waals surface area contributed by atoms with Crippen molar-refractivity contribution in [2.75, 3.05) is 6.54 Å². The third-order valence-corrected chi connectivity index (χ3v) is 3.83. The molecule has 2 N–H and O–H groups in total. The molecule has 96 valence electrons. The fourth-order valence-corrected chi connectivity index (χ4v) is 2.66. The smallest absolute Gasteiger partial charge is 0.320 e. The van der Waals surface area contributed by atoms with E-state index in [1.807, 2.05) is 12.1 Å². The number of carboxylic acid groups (broad SMARTS) is 1. The van der Waals surface area contributed by atoms with Crippen LogP contribution in [0.1, 0.15) is 31.1 Å². The zero-order valence-electron chi connectivity index (χ0n) is 9.91. The Kier molecular flexibility index (Phi) is 6.55. The van der Waals surface area contributed by atoms with Crippen LogP contribution in [0.15, 0.2) is 12.1 Å². The maximum absolute atomic E-state index is 11.0. The van der Waals surface area contributed by atoms with E-state index in [1.54, 1.807) is 11.3 Å². The number of nitrogens with one attached hydrogen (secondary N) is 1. The van der Waals surface area contributed by atoms with Crippen molar-refractivity contribution >= 4 is 28.9 Å². The standard InChI is InChI=1S/C12H18ClNO2S/c1-2-3-4-10(12(15)16)14-8-7-9-5-6-11(13)17-9/h5-6,10,14H,2-4,7-8H2,1H3,(H,15,16). The summed E-state index contributed by atoms with van der Waals surface area (Å²) < 4.78 is 0.778. The third-order valence-electron chi connectivity index (χ3n) is 2.54. The van der Waals surface area contributed by atoms with Gasteiger partial charge >= 0.3 is 5.97 Å². The molecule has 0 aliphatic rings. The van der Waals surface area contributed by atoms with Crippen molar-refractivity contribution < 1.29 is 9.90 Å². The quantitative estimate of drug-likeness (QED) is 0.766. The van der Waals surface area contributed by atoms with Gasteiger partial charge in [0.05, 0.1) is 4.34 Å². The topological polar surface area (TPSA) is 49.3 Å². The lowest BCUT2D eigenvalue weighted by atomic mass is 10.1. The summed E-state index contributed by atoms with van der Waals surface area (Å²) in [7, 11) is 0. The van der Waals surface area contributed by atoms with Crippen molar-refractivity contribution in [1.82, 2.24) is 5.32 Å². The molecule has 1 atom stereocenters. The summed E-state index contributed by atoms with van der Waals surface area (Å²) in [5, 5.41) is 12.1. The Balaban J connectivity index is 2.29. The zero-order chi connectivity index (χ0) is 12.7. The highest BCUT2D eigenvalue weighted by molar-refractivity contribution is 7.16. The Labute approximate surface area is 111 Å². The van der Waals surface area contributed by atoms with Crippen LogP contribution < -0.4 is 5.32 Å². The third kappa shape index (κ3) is 5.52. The van der Waals surface area contributed by atoms with Gasteiger partial charge in [0, 0.05) is 11.4 Å². The first-order chi connectivity index (χ1) is 8.13. The summed E-state index contributed by atoms with van der Waals surface area (Å²) in [6.45, 7) is 2.74. The van der Waals surface area contributed by atoms with E-state index in [9.17, 15) is 4.79 Å². The second-order valence-electron chi connectivity index (χ2n) is 3.94. The van der Waals surface area contributed by atoms with E-state index in [4.69, 9.17) is 16.7 Å². The number of thiophene rings is 1. The predicted octanol–water partition coefficient (Wildman–Crippen LogP) is 3.18. The maximum Gasteiger partial charge on any atom is 0.320 e. The predicted molar refractivity (Wildman–Crippen MR) is 72.0 cm³/mol. The highest BCUT2D eigenvalue weighted by atomic mass is 35.5. The van der Waals surface area contributed by atoms with Gasteiger partial charge in [0.1, 0.15) is 6.04 Å². The van der Waals surface area contributed by atoms with Crippen LogP contribution in [-0.2, 0) is 11.2 Å². The molecule has 0 spiro atoms. The molecule has 0 amide bonds. The Bertz CT molecular complexity index is 354. The fourth-order valence-electron chi connectivity index (χ4n) is 1.58. The summed E-state index contributed by atoms with van der Waals surface area (Å²) in [6.07, 6.45) is 3.48. The van der Waals surface area contributed by atoms with Gasteiger partial charge in [-0.15, -0.1) is 11.3 Å². The largest absolute Gasteiger partial charge is 0.480 e. The molecule has 0 aliphatic heterocycles. The summed E-state index contributed by atoms with van der Waals surface area (Å²) >= 11 is 7.37. The van der Waals surface area contributed by atoms with Gasteiger partial charge in [0.2, 0.25) is 0 Å². The Morgan fingerprint density at radius 3 is 2.88 bits per heavy atom. The number of unbranched alkanes of at least 4 members (excludes halogenated alkanes) is 1. The number of rotatable bonds is 8. The summed E-state index contributed by atoms with van der Waals surface area (Å²) in [4.78, 5) is 12.2. The minimum absolute atomic E-state index is 0.426. The minimum atomic E-state index is -0.761. The molecule has 0 saturated heterocycles. The molecular formula is C12H18ClNO2S. The van der Waals surface area contributed by atoms with Gasteiger partial charge in [0.15, 0.2) is 0 Å². The van der Waals surface area contributed by atoms with Gasteiger partial charge < -0.3 is 10.4 Å². The molecule has 1 heterocycles. The van der Waals surface area contributed by atoms with Crippen LogP contribution in [0.5, 0.6) is 0 Å². The molecule has 5 heteroatoms. The van der Waals surface area contributed by atoms with Gasteiger partial charge in [-0.25, -0.2) is 0 Å². The highest BCUT2D eigenvalue weighted by Crippen LogP contribution is 2.21. The average molecular weight is 276 g/mol. The molecule has 17 heavy (non-hydrogen) atoms. The summed E-state index contributed by atoms with van der Waals surface area (Å²) in [6, 6.07) is 3.43. The van der Waals surface area contributed by atoms with E-state index in [-0.39, 0.29) is 0 Å². The Hall–Kier alpha value is -0.580. The van der Waals surface area contributed by atoms with Crippen LogP contribution in [0.25, 0.3) is 0 Å². The van der Waals surface area contributed by atoms with E-state index in [1.165, 1.54) is 4.88 Å². The zero-order valence-corrected chi connectivity index (χ0v) is 11.5. The van der Waals surface area contributed by atoms with Crippen molar-refractivity contribution in [3.63, 3.8) is 0 Å². The monoisotopic (exact) mass is 275 g/mol. The van der Waals surface area contributed by atoms with Crippen LogP contribution in [0.4, 0.5) is 0 Å². The molecule has 0 bridgehead atoms. The van der Waals surface area contributed by atoms with Crippen LogP contribution in [0.2, 0.25) is 4.34 Å². The molecule has 0 aromatic carbocycles. The van der Waals surface area contributed by atoms with Crippen molar-refractivity contribution in [2.45, 2.75) is 38.6 Å². The number of hydrogen-bond acceptors (Lipinski definition) is 3. The number of carbonyl (C=O) groups is 1. The normalized spacial score (nSPS) is 12.6. The molecule has 0 fully saturated rings. The molecule has 0 saturated carbocycles. The van der Waals surface area contributed by atoms with E-state index >= 15 is 0 Å². The average Bonchev–Trinajstić information content (AvgIpc) is 2.68. The number of carboxylic acids is 1. The number of hydrogen-bond donors (Lipinski definition) is 2. The van der Waals surface area contributed by atoms with Crippen molar-refractivity contribution in [2.24, 2.45) is 0 Å². The first-order valence-corrected chi connectivity index (χ1v) is 7.03. The molecule has 0 aliphatic carbocycles. The van der Waals surface area contributed by atoms with Crippen LogP contribution in [0.3, 0.4) is 0 Å². The van der Waals surface area contributed by atoms with Crippen molar-refractivity contribution in [3.05, 3.63) is 21.3 Å². The van der Waals surface area contributed by atoms with Crippen LogP contribution >= 0.6 is 22.9 Å². The van der Waals surface area contributed by atoms with Crippen molar-refractivity contribution in [1.29, 1.82) is 0 Å². The molecule has 1 unspecified atom stereocenters. The van der Waals surface area contributed by atoms with Gasteiger partial charge in [-0.3, -0.25) is 4.79 Å².